The molecule has 0 aromatic rings. The molecule has 0 fully saturated rings. The molecule has 0 atom stereocenters. The van der Waals surface area contributed by atoms with Crippen molar-refractivity contribution in [1.29, 1.82) is 0 Å². The van der Waals surface area contributed by atoms with Gasteiger partial charge in [-0.25, -0.2) is 0 Å². The van der Waals surface area contributed by atoms with Gasteiger partial charge in [-0.15, -0.1) is 0 Å². The van der Waals surface area contributed by atoms with Crippen LogP contribution in [-0.4, -0.2) is 37.0 Å². The summed E-state index contributed by atoms with van der Waals surface area (Å²) in [7, 11) is -5.24. The highest BCUT2D eigenvalue weighted by atomic mass is 31.2. The molecule has 0 radical (unpaired) electrons. The van der Waals surface area contributed by atoms with Gasteiger partial charge in [0.2, 0.25) is 0 Å². The molecule has 98 valence electrons. The van der Waals surface area contributed by atoms with Crippen molar-refractivity contribution in [2.45, 2.75) is 17.7 Å². The number of rotatable bonds is 3. The average molecular weight is 276 g/mol. The lowest BCUT2D eigenvalue weighted by Crippen LogP contribution is -2.56. The molecule has 0 saturated heterocycles. The fourth-order valence-electron chi connectivity index (χ4n) is 0.810. The molecule has 0 rings (SSSR count). The van der Waals surface area contributed by atoms with E-state index in [1.807, 2.05) is 0 Å². The summed E-state index contributed by atoms with van der Waals surface area (Å²) >= 11 is 0. The Morgan fingerprint density at radius 1 is 0.938 bits per heavy atom. The van der Waals surface area contributed by atoms with Crippen LogP contribution in [0.3, 0.4) is 0 Å². The standard InChI is InChI=1S/C5H7F6O4P/c1-14-16(13,15-2)3(12,4(6,7)8)5(9,10)11/h12H,1-2H3. The molecule has 0 aromatic carbocycles. The molecule has 0 saturated carbocycles. The molecular weight excluding hydrogens is 269 g/mol. The number of alkyl halides is 6. The zero-order chi connectivity index (χ0) is 13.4. The Balaban J connectivity index is 5.90. The maximum Gasteiger partial charge on any atom is 0.438 e. The Morgan fingerprint density at radius 2 is 1.19 bits per heavy atom. The lowest BCUT2D eigenvalue weighted by Gasteiger charge is -2.35. The molecule has 0 aliphatic rings. The van der Waals surface area contributed by atoms with Gasteiger partial charge in [0.25, 0.3) is 0 Å². The lowest BCUT2D eigenvalue weighted by atomic mass is 10.3. The quantitative estimate of drug-likeness (QED) is 0.634. The number of hydrogen-bond acceptors (Lipinski definition) is 4. The Hall–Kier alpha value is -0.310. The van der Waals surface area contributed by atoms with Gasteiger partial charge in [-0.2, -0.15) is 26.3 Å². The minimum atomic E-state index is -6.26. The van der Waals surface area contributed by atoms with Crippen molar-refractivity contribution in [2.75, 3.05) is 14.2 Å². The number of halogens is 6. The highest BCUT2D eigenvalue weighted by Gasteiger charge is 2.81. The molecule has 0 amide bonds. The molecule has 4 nitrogen and oxygen atoms in total. The first kappa shape index (κ1) is 15.7. The monoisotopic (exact) mass is 276 g/mol. The van der Waals surface area contributed by atoms with Crippen LogP contribution in [0.1, 0.15) is 0 Å². The third-order valence-electron chi connectivity index (χ3n) is 1.67. The Morgan fingerprint density at radius 3 is 1.25 bits per heavy atom. The van der Waals surface area contributed by atoms with Gasteiger partial charge in [-0.3, -0.25) is 4.57 Å². The Labute approximate surface area is 85.7 Å². The van der Waals surface area contributed by atoms with E-state index in [2.05, 4.69) is 9.05 Å². The van der Waals surface area contributed by atoms with Crippen LogP contribution in [0.25, 0.3) is 0 Å². The molecule has 0 unspecified atom stereocenters. The summed E-state index contributed by atoms with van der Waals surface area (Å²) in [6.07, 6.45) is -12.5. The number of hydrogen-bond donors (Lipinski definition) is 1. The van der Waals surface area contributed by atoms with Gasteiger partial charge in [0.1, 0.15) is 0 Å². The zero-order valence-electron chi connectivity index (χ0n) is 7.89. The molecule has 0 spiro atoms. The summed E-state index contributed by atoms with van der Waals surface area (Å²) < 4.78 is 91.2. The van der Waals surface area contributed by atoms with Crippen LogP contribution in [0, 0.1) is 0 Å². The van der Waals surface area contributed by atoms with Gasteiger partial charge >= 0.3 is 25.3 Å². The largest absolute Gasteiger partial charge is 0.438 e. The SMILES string of the molecule is COP(=O)(OC)C(O)(C(F)(F)F)C(F)(F)F. The smallest absolute Gasteiger partial charge is 0.364 e. The van der Waals surface area contributed by atoms with Crippen molar-refractivity contribution in [3.05, 3.63) is 0 Å². The normalized spacial score (nSPS) is 15.3. The van der Waals surface area contributed by atoms with Crippen LogP contribution in [0.15, 0.2) is 0 Å². The Bertz CT molecular complexity index is 274. The van der Waals surface area contributed by atoms with E-state index in [9.17, 15) is 30.9 Å². The zero-order valence-corrected chi connectivity index (χ0v) is 8.78. The average Bonchev–Trinajstić information content (AvgIpc) is 2.11. The fraction of sp³-hybridized carbons (Fsp3) is 1.00. The summed E-state index contributed by atoms with van der Waals surface area (Å²) in [6.45, 7) is 0. The van der Waals surface area contributed by atoms with Gasteiger partial charge in [-0.05, 0) is 0 Å². The summed E-state index contributed by atoms with van der Waals surface area (Å²) in [5, 5.41) is 3.08. The van der Waals surface area contributed by atoms with Crippen LogP contribution >= 0.6 is 7.60 Å². The summed E-state index contributed by atoms with van der Waals surface area (Å²) in [6, 6.07) is 0. The lowest BCUT2D eigenvalue weighted by molar-refractivity contribution is -0.337. The van der Waals surface area contributed by atoms with Gasteiger partial charge in [0, 0.05) is 14.2 Å². The topological polar surface area (TPSA) is 55.8 Å². The van der Waals surface area contributed by atoms with E-state index >= 15 is 0 Å². The summed E-state index contributed by atoms with van der Waals surface area (Å²) in [5.41, 5.74) is 0. The van der Waals surface area contributed by atoms with Gasteiger partial charge in [0.05, 0.1) is 0 Å². The van der Waals surface area contributed by atoms with Gasteiger partial charge in [0.15, 0.2) is 0 Å². The van der Waals surface area contributed by atoms with E-state index in [1.54, 1.807) is 0 Å². The maximum absolute atomic E-state index is 12.2. The Kier molecular flexibility index (Phi) is 4.09. The van der Waals surface area contributed by atoms with Crippen molar-refractivity contribution in [3.63, 3.8) is 0 Å². The molecule has 0 aliphatic heterocycles. The van der Waals surface area contributed by atoms with Crippen molar-refractivity contribution >= 4 is 7.60 Å². The van der Waals surface area contributed by atoms with E-state index in [1.165, 1.54) is 0 Å². The second-order valence-corrected chi connectivity index (χ2v) is 4.90. The predicted octanol–water partition coefficient (Wildman–Crippen LogP) is 2.29. The van der Waals surface area contributed by atoms with Crippen molar-refractivity contribution in [3.8, 4) is 0 Å². The summed E-state index contributed by atoms with van der Waals surface area (Å²) in [4.78, 5) is 0. The first-order chi connectivity index (χ1) is 6.87. The van der Waals surface area contributed by atoms with E-state index in [4.69, 9.17) is 5.11 Å². The number of aliphatic hydroxyl groups is 1. The van der Waals surface area contributed by atoms with Crippen LogP contribution in [0.5, 0.6) is 0 Å². The first-order valence-electron chi connectivity index (χ1n) is 3.45. The fourth-order valence-corrected chi connectivity index (χ4v) is 2.11. The van der Waals surface area contributed by atoms with Crippen molar-refractivity contribution < 1.29 is 45.1 Å². The van der Waals surface area contributed by atoms with Crippen molar-refractivity contribution in [2.24, 2.45) is 0 Å². The minimum Gasteiger partial charge on any atom is -0.364 e. The minimum absolute atomic E-state index is 0.298. The van der Waals surface area contributed by atoms with Gasteiger partial charge < -0.3 is 14.2 Å². The third-order valence-corrected chi connectivity index (χ3v) is 3.93. The molecular formula is C5H7F6O4P. The highest BCUT2D eigenvalue weighted by molar-refractivity contribution is 7.55. The molecule has 0 aromatic heterocycles. The predicted molar refractivity (Wildman–Crippen MR) is 38.7 cm³/mol. The second-order valence-electron chi connectivity index (χ2n) is 2.53. The highest BCUT2D eigenvalue weighted by Crippen LogP contribution is 2.68. The van der Waals surface area contributed by atoms with Crippen LogP contribution in [0.2, 0.25) is 0 Å². The molecule has 0 heterocycles. The van der Waals surface area contributed by atoms with E-state index in [-0.39, 0.29) is 0 Å². The van der Waals surface area contributed by atoms with Gasteiger partial charge in [-0.1, -0.05) is 0 Å². The molecule has 11 heteroatoms. The van der Waals surface area contributed by atoms with E-state index < -0.39 is 25.3 Å². The third kappa shape index (κ3) is 2.06. The molecule has 16 heavy (non-hydrogen) atoms. The van der Waals surface area contributed by atoms with Crippen molar-refractivity contribution in [1.82, 2.24) is 0 Å². The maximum atomic E-state index is 12.2. The second kappa shape index (κ2) is 4.17. The molecule has 1 N–H and O–H groups in total. The van der Waals surface area contributed by atoms with Crippen LogP contribution in [-0.2, 0) is 13.6 Å². The first-order valence-corrected chi connectivity index (χ1v) is 4.99. The van der Waals surface area contributed by atoms with Crippen LogP contribution in [0.4, 0.5) is 26.3 Å². The molecule has 0 aliphatic carbocycles. The van der Waals surface area contributed by atoms with E-state index in [0.29, 0.717) is 14.2 Å². The molecule has 0 bridgehead atoms. The van der Waals surface area contributed by atoms with E-state index in [0.717, 1.165) is 0 Å². The summed E-state index contributed by atoms with van der Waals surface area (Å²) in [5.74, 6) is 0. The van der Waals surface area contributed by atoms with Crippen LogP contribution < -0.4 is 0 Å².